The molecular formula is C30H31N3O2. The highest BCUT2D eigenvalue weighted by molar-refractivity contribution is 5.96. The van der Waals surface area contributed by atoms with Gasteiger partial charge in [-0.05, 0) is 46.7 Å². The van der Waals surface area contributed by atoms with Gasteiger partial charge in [0.1, 0.15) is 22.7 Å². The van der Waals surface area contributed by atoms with Gasteiger partial charge in [0, 0.05) is 21.9 Å². The van der Waals surface area contributed by atoms with E-state index >= 15 is 0 Å². The highest BCUT2D eigenvalue weighted by Crippen LogP contribution is 2.43. The highest BCUT2D eigenvalue weighted by Gasteiger charge is 2.27. The maximum atomic E-state index is 11.5. The molecule has 178 valence electrons. The lowest BCUT2D eigenvalue weighted by molar-refractivity contribution is 0.446. The molecule has 3 aromatic carbocycles. The molecule has 0 amide bonds. The molecule has 2 heterocycles. The van der Waals surface area contributed by atoms with Crippen LogP contribution in [0.4, 0.5) is 0 Å². The Hall–Kier alpha value is -3.86. The zero-order chi connectivity index (χ0) is 25.1. The average Bonchev–Trinajstić information content (AvgIpc) is 3.17. The number of aromatic hydroxyl groups is 2. The summed E-state index contributed by atoms with van der Waals surface area (Å²) < 4.78 is 1.79. The molecule has 0 saturated heterocycles. The van der Waals surface area contributed by atoms with Crippen molar-refractivity contribution < 1.29 is 10.2 Å². The zero-order valence-electron chi connectivity index (χ0n) is 21.1. The summed E-state index contributed by atoms with van der Waals surface area (Å²) in [6.45, 7) is 12.9. The Morgan fingerprint density at radius 3 is 2.23 bits per heavy atom. The van der Waals surface area contributed by atoms with Crippen molar-refractivity contribution in [1.82, 2.24) is 14.8 Å². The summed E-state index contributed by atoms with van der Waals surface area (Å²) in [6, 6.07) is 21.3. The van der Waals surface area contributed by atoms with Gasteiger partial charge in [0.05, 0.1) is 5.52 Å². The van der Waals surface area contributed by atoms with Crippen LogP contribution in [0.2, 0.25) is 0 Å². The van der Waals surface area contributed by atoms with Gasteiger partial charge in [-0.15, -0.1) is 0 Å². The fraction of sp³-hybridized carbons (Fsp3) is 0.267. The third-order valence-electron chi connectivity index (χ3n) is 6.53. The molecule has 0 saturated carbocycles. The predicted molar refractivity (Wildman–Crippen MR) is 143 cm³/mol. The van der Waals surface area contributed by atoms with Gasteiger partial charge < -0.3 is 10.2 Å². The number of phenolic OH excluding ortho intramolecular Hbond substituents is 2. The third kappa shape index (κ3) is 3.91. The van der Waals surface area contributed by atoms with Gasteiger partial charge in [0.15, 0.2) is 5.82 Å². The minimum atomic E-state index is -0.240. The molecule has 5 nitrogen and oxygen atoms in total. The smallest absolute Gasteiger partial charge is 0.154 e. The van der Waals surface area contributed by atoms with E-state index < -0.39 is 0 Å². The first-order valence-corrected chi connectivity index (χ1v) is 11.9. The lowest BCUT2D eigenvalue weighted by Crippen LogP contribution is -2.17. The van der Waals surface area contributed by atoms with Crippen molar-refractivity contribution in [3.05, 3.63) is 77.9 Å². The minimum Gasteiger partial charge on any atom is -0.507 e. The Kier molecular flexibility index (Phi) is 5.13. The molecule has 5 heteroatoms. The Labute approximate surface area is 205 Å². The topological polar surface area (TPSA) is 71.2 Å². The molecule has 0 atom stereocenters. The third-order valence-corrected chi connectivity index (χ3v) is 6.53. The standard InChI is InChI=1S/C30H31N3O2/c1-29(2,3)19-16-21(28(35)22(17-19)30(4,5)6)27-20-11-7-8-12-23(20)33(32-27)25-15-14-18-10-9-13-24(34)26(18)31-25/h7-17,34-35H,1-6H3. The molecule has 2 N–H and O–H groups in total. The molecule has 0 aliphatic rings. The van der Waals surface area contributed by atoms with Gasteiger partial charge in [-0.1, -0.05) is 77.9 Å². The SMILES string of the molecule is CC(C)(C)c1cc(-c2nn(-c3ccc4cccc(O)c4n3)c3ccccc23)c(O)c(C(C)(C)C)c1. The number of rotatable bonds is 2. The van der Waals surface area contributed by atoms with Crippen molar-refractivity contribution in [3.8, 4) is 28.6 Å². The van der Waals surface area contributed by atoms with Gasteiger partial charge >= 0.3 is 0 Å². The molecule has 0 radical (unpaired) electrons. The second-order valence-corrected chi connectivity index (χ2v) is 11.2. The number of fused-ring (bicyclic) bond motifs is 2. The van der Waals surface area contributed by atoms with Gasteiger partial charge in [-0.2, -0.15) is 5.10 Å². The Morgan fingerprint density at radius 2 is 1.51 bits per heavy atom. The molecule has 35 heavy (non-hydrogen) atoms. The second kappa shape index (κ2) is 7.84. The van der Waals surface area contributed by atoms with Crippen molar-refractivity contribution in [2.75, 3.05) is 0 Å². The van der Waals surface area contributed by atoms with E-state index in [4.69, 9.17) is 10.1 Å². The first kappa shape index (κ1) is 22.9. The van der Waals surface area contributed by atoms with E-state index in [0.29, 0.717) is 22.6 Å². The lowest BCUT2D eigenvalue weighted by Gasteiger charge is -2.27. The molecule has 0 bridgehead atoms. The fourth-order valence-electron chi connectivity index (χ4n) is 4.50. The molecule has 0 aliphatic heterocycles. The number of para-hydroxylation sites is 2. The molecule has 2 aromatic heterocycles. The Bertz CT molecular complexity index is 1580. The molecule has 0 aliphatic carbocycles. The Balaban J connectivity index is 1.81. The predicted octanol–water partition coefficient (Wildman–Crippen LogP) is 7.25. The van der Waals surface area contributed by atoms with Gasteiger partial charge in [-0.25, -0.2) is 9.67 Å². The Morgan fingerprint density at radius 1 is 0.771 bits per heavy atom. The second-order valence-electron chi connectivity index (χ2n) is 11.2. The van der Waals surface area contributed by atoms with Crippen molar-refractivity contribution in [1.29, 1.82) is 0 Å². The minimum absolute atomic E-state index is 0.0990. The number of nitrogens with zero attached hydrogens (tertiary/aromatic N) is 3. The molecule has 0 spiro atoms. The first-order chi connectivity index (χ1) is 16.4. The molecule has 5 aromatic rings. The van der Waals surface area contributed by atoms with Crippen LogP contribution in [-0.4, -0.2) is 25.0 Å². The van der Waals surface area contributed by atoms with Crippen LogP contribution in [0.1, 0.15) is 52.7 Å². The quantitative estimate of drug-likeness (QED) is 0.288. The van der Waals surface area contributed by atoms with Crippen molar-refractivity contribution in [2.45, 2.75) is 52.4 Å². The molecule has 0 fully saturated rings. The summed E-state index contributed by atoms with van der Waals surface area (Å²) in [5.74, 6) is 0.986. The number of hydrogen-bond acceptors (Lipinski definition) is 4. The summed E-state index contributed by atoms with van der Waals surface area (Å²) in [5, 5.41) is 28.6. The number of benzene rings is 3. The number of hydrogen-bond donors (Lipinski definition) is 2. The van der Waals surface area contributed by atoms with Crippen molar-refractivity contribution in [3.63, 3.8) is 0 Å². The van der Waals surface area contributed by atoms with E-state index in [2.05, 4.69) is 53.7 Å². The van der Waals surface area contributed by atoms with E-state index in [1.165, 1.54) is 0 Å². The van der Waals surface area contributed by atoms with Crippen molar-refractivity contribution >= 4 is 21.8 Å². The van der Waals surface area contributed by atoms with E-state index in [1.54, 1.807) is 16.8 Å². The largest absolute Gasteiger partial charge is 0.507 e. The van der Waals surface area contributed by atoms with Crippen LogP contribution in [0, 0.1) is 0 Å². The summed E-state index contributed by atoms with van der Waals surface area (Å²) >= 11 is 0. The van der Waals surface area contributed by atoms with Gasteiger partial charge in [-0.3, -0.25) is 0 Å². The lowest BCUT2D eigenvalue weighted by atomic mass is 9.78. The number of phenols is 2. The summed E-state index contributed by atoms with van der Waals surface area (Å²) in [6.07, 6.45) is 0. The average molecular weight is 466 g/mol. The van der Waals surface area contributed by atoms with Crippen LogP contribution in [-0.2, 0) is 10.8 Å². The van der Waals surface area contributed by atoms with Crippen LogP contribution < -0.4 is 0 Å². The molecule has 0 unspecified atom stereocenters. The van der Waals surface area contributed by atoms with Crippen LogP contribution in [0.25, 0.3) is 38.9 Å². The van der Waals surface area contributed by atoms with Gasteiger partial charge in [0.2, 0.25) is 0 Å². The van der Waals surface area contributed by atoms with Crippen molar-refractivity contribution in [2.24, 2.45) is 0 Å². The van der Waals surface area contributed by atoms with Crippen LogP contribution in [0.5, 0.6) is 11.5 Å². The summed E-state index contributed by atoms with van der Waals surface area (Å²) in [5.41, 5.74) is 4.51. The van der Waals surface area contributed by atoms with E-state index in [-0.39, 0.29) is 22.3 Å². The zero-order valence-corrected chi connectivity index (χ0v) is 21.1. The number of pyridine rings is 1. The highest BCUT2D eigenvalue weighted by atomic mass is 16.3. The molecular weight excluding hydrogens is 434 g/mol. The van der Waals surface area contributed by atoms with Crippen LogP contribution in [0.15, 0.2) is 66.7 Å². The maximum absolute atomic E-state index is 11.5. The normalized spacial score (nSPS) is 12.5. The summed E-state index contributed by atoms with van der Waals surface area (Å²) in [7, 11) is 0. The monoisotopic (exact) mass is 465 g/mol. The fourth-order valence-corrected chi connectivity index (χ4v) is 4.50. The van der Waals surface area contributed by atoms with Crippen LogP contribution >= 0.6 is 0 Å². The van der Waals surface area contributed by atoms with Gasteiger partial charge in [0.25, 0.3) is 0 Å². The van der Waals surface area contributed by atoms with E-state index in [1.807, 2.05) is 42.5 Å². The molecule has 5 rings (SSSR count). The maximum Gasteiger partial charge on any atom is 0.154 e. The number of aromatic nitrogens is 3. The van der Waals surface area contributed by atoms with E-state index in [9.17, 15) is 10.2 Å². The first-order valence-electron chi connectivity index (χ1n) is 11.9. The summed E-state index contributed by atoms with van der Waals surface area (Å²) in [4.78, 5) is 4.73. The van der Waals surface area contributed by atoms with Crippen LogP contribution in [0.3, 0.4) is 0 Å². The van der Waals surface area contributed by atoms with E-state index in [0.717, 1.165) is 27.4 Å².